The van der Waals surface area contributed by atoms with Crippen molar-refractivity contribution in [2.75, 3.05) is 0 Å². The van der Waals surface area contributed by atoms with E-state index in [1.165, 1.54) is 11.0 Å². The summed E-state index contributed by atoms with van der Waals surface area (Å²) in [6.07, 6.45) is 6.27. The Labute approximate surface area is 107 Å². The lowest BCUT2D eigenvalue weighted by molar-refractivity contribution is 0.335. The Morgan fingerprint density at radius 3 is 2.56 bits per heavy atom. The third-order valence-corrected chi connectivity index (χ3v) is 4.07. The fraction of sp³-hybridized carbons (Fsp3) is 0.714. The second-order valence-electron chi connectivity index (χ2n) is 5.34. The van der Waals surface area contributed by atoms with Crippen LogP contribution < -0.4 is 11.2 Å². The molecule has 0 radical (unpaired) electrons. The van der Waals surface area contributed by atoms with Crippen LogP contribution in [0.15, 0.2) is 15.7 Å². The highest BCUT2D eigenvalue weighted by molar-refractivity contribution is 5.06. The van der Waals surface area contributed by atoms with Crippen molar-refractivity contribution in [2.45, 2.75) is 64.3 Å². The fourth-order valence-electron chi connectivity index (χ4n) is 2.69. The molecule has 0 aliphatic heterocycles. The van der Waals surface area contributed by atoms with E-state index in [4.69, 9.17) is 0 Å². The molecule has 2 rings (SSSR count). The van der Waals surface area contributed by atoms with Gasteiger partial charge in [0.2, 0.25) is 0 Å². The summed E-state index contributed by atoms with van der Waals surface area (Å²) in [5, 5.41) is 0. The summed E-state index contributed by atoms with van der Waals surface area (Å²) in [4.78, 5) is 27.1. The van der Waals surface area contributed by atoms with Gasteiger partial charge < -0.3 is 4.98 Å². The van der Waals surface area contributed by atoms with Gasteiger partial charge in [-0.25, -0.2) is 4.79 Å². The lowest BCUT2D eigenvalue weighted by Crippen LogP contribution is -2.39. The molecule has 18 heavy (non-hydrogen) atoms. The van der Waals surface area contributed by atoms with Gasteiger partial charge >= 0.3 is 5.69 Å². The summed E-state index contributed by atoms with van der Waals surface area (Å²) in [5.74, 6) is 0.228. The number of aromatic amines is 1. The van der Waals surface area contributed by atoms with Crippen molar-refractivity contribution in [3.63, 3.8) is 0 Å². The zero-order chi connectivity index (χ0) is 13.1. The predicted molar refractivity (Wildman–Crippen MR) is 72.2 cm³/mol. The summed E-state index contributed by atoms with van der Waals surface area (Å²) in [6, 6.07) is 1.70. The summed E-state index contributed by atoms with van der Waals surface area (Å²) in [5.41, 5.74) is 0.394. The molecular weight excluding hydrogens is 228 g/mol. The van der Waals surface area contributed by atoms with Crippen molar-refractivity contribution >= 4 is 0 Å². The zero-order valence-corrected chi connectivity index (χ0v) is 11.2. The van der Waals surface area contributed by atoms with Crippen molar-refractivity contribution in [2.24, 2.45) is 0 Å². The van der Waals surface area contributed by atoms with E-state index < -0.39 is 0 Å². The van der Waals surface area contributed by atoms with Crippen LogP contribution >= 0.6 is 0 Å². The first-order valence-corrected chi connectivity index (χ1v) is 6.99. The molecule has 0 amide bonds. The minimum atomic E-state index is -0.232. The summed E-state index contributed by atoms with van der Waals surface area (Å²) in [7, 11) is 0. The third kappa shape index (κ3) is 2.57. The Morgan fingerprint density at radius 1 is 1.33 bits per heavy atom. The van der Waals surface area contributed by atoms with Gasteiger partial charge in [0.05, 0.1) is 0 Å². The highest BCUT2D eigenvalue weighted by Gasteiger charge is 2.19. The second kappa shape index (κ2) is 5.55. The molecule has 100 valence electrons. The van der Waals surface area contributed by atoms with E-state index in [2.05, 4.69) is 11.9 Å². The quantitative estimate of drug-likeness (QED) is 0.896. The van der Waals surface area contributed by atoms with Crippen LogP contribution in [0.25, 0.3) is 0 Å². The summed E-state index contributed by atoms with van der Waals surface area (Å²) >= 11 is 0. The Morgan fingerprint density at radius 2 is 2.00 bits per heavy atom. The number of rotatable bonds is 3. The first-order chi connectivity index (χ1) is 8.63. The highest BCUT2D eigenvalue weighted by atomic mass is 16.2. The van der Waals surface area contributed by atoms with E-state index in [0.29, 0.717) is 0 Å². The number of hydrogen-bond acceptors (Lipinski definition) is 2. The van der Waals surface area contributed by atoms with Gasteiger partial charge in [-0.05, 0) is 25.2 Å². The molecule has 0 saturated heterocycles. The average molecular weight is 250 g/mol. The van der Waals surface area contributed by atoms with Gasteiger partial charge in [0.15, 0.2) is 0 Å². The summed E-state index contributed by atoms with van der Waals surface area (Å²) in [6.45, 7) is 4.07. The van der Waals surface area contributed by atoms with E-state index in [-0.39, 0.29) is 23.2 Å². The predicted octanol–water partition coefficient (Wildman–Crippen LogP) is 2.56. The minimum Gasteiger partial charge on any atom is -0.311 e. The molecular formula is C14H22N2O2. The molecule has 0 bridgehead atoms. The number of hydrogen-bond donors (Lipinski definition) is 1. The average Bonchev–Trinajstić information content (AvgIpc) is 2.38. The fourth-order valence-corrected chi connectivity index (χ4v) is 2.69. The van der Waals surface area contributed by atoms with Crippen molar-refractivity contribution < 1.29 is 0 Å². The van der Waals surface area contributed by atoms with Gasteiger partial charge in [0.1, 0.15) is 0 Å². The van der Waals surface area contributed by atoms with Gasteiger partial charge in [0.25, 0.3) is 5.56 Å². The molecule has 0 aromatic carbocycles. The van der Waals surface area contributed by atoms with E-state index >= 15 is 0 Å². The van der Waals surface area contributed by atoms with Gasteiger partial charge in [-0.1, -0.05) is 33.1 Å². The van der Waals surface area contributed by atoms with Crippen LogP contribution in [0.2, 0.25) is 0 Å². The van der Waals surface area contributed by atoms with E-state index in [9.17, 15) is 9.59 Å². The Kier molecular flexibility index (Phi) is 4.04. The number of nitrogens with zero attached hydrogens (tertiary/aromatic N) is 1. The van der Waals surface area contributed by atoms with Crippen molar-refractivity contribution in [1.29, 1.82) is 0 Å². The maximum absolute atomic E-state index is 12.1. The van der Waals surface area contributed by atoms with Crippen LogP contribution in [0.3, 0.4) is 0 Å². The Bertz CT molecular complexity index is 478. The number of H-pyrrole nitrogens is 1. The normalized spacial score (nSPS) is 18.8. The molecule has 0 spiro atoms. The molecule has 1 aliphatic carbocycles. The lowest BCUT2D eigenvalue weighted by atomic mass is 9.95. The van der Waals surface area contributed by atoms with Crippen LogP contribution in [0.4, 0.5) is 0 Å². The maximum Gasteiger partial charge on any atom is 0.328 e. The van der Waals surface area contributed by atoms with Crippen LogP contribution in [0, 0.1) is 0 Å². The van der Waals surface area contributed by atoms with Crippen molar-refractivity contribution in [3.8, 4) is 0 Å². The third-order valence-electron chi connectivity index (χ3n) is 4.07. The lowest BCUT2D eigenvalue weighted by Gasteiger charge is -2.23. The Balaban J connectivity index is 2.38. The molecule has 4 heteroatoms. The molecule has 1 saturated carbocycles. The SMILES string of the molecule is CCC(C)c1cc(=O)n(C2CCCCC2)c(=O)[nH]1. The monoisotopic (exact) mass is 250 g/mol. The van der Waals surface area contributed by atoms with Crippen molar-refractivity contribution in [3.05, 3.63) is 32.6 Å². The molecule has 1 N–H and O–H groups in total. The van der Waals surface area contributed by atoms with Crippen LogP contribution in [0.1, 0.15) is 70.0 Å². The largest absolute Gasteiger partial charge is 0.328 e. The first kappa shape index (κ1) is 13.1. The molecule has 1 fully saturated rings. The summed E-state index contributed by atoms with van der Waals surface area (Å²) < 4.78 is 1.42. The zero-order valence-electron chi connectivity index (χ0n) is 11.2. The van der Waals surface area contributed by atoms with Gasteiger partial charge in [-0.3, -0.25) is 9.36 Å². The van der Waals surface area contributed by atoms with Gasteiger partial charge in [0, 0.05) is 17.8 Å². The first-order valence-electron chi connectivity index (χ1n) is 6.99. The molecule has 1 aromatic heterocycles. The molecule has 1 heterocycles. The van der Waals surface area contributed by atoms with E-state index in [0.717, 1.165) is 37.8 Å². The molecule has 1 atom stereocenters. The van der Waals surface area contributed by atoms with Crippen LogP contribution in [-0.2, 0) is 0 Å². The van der Waals surface area contributed by atoms with Crippen molar-refractivity contribution in [1.82, 2.24) is 9.55 Å². The standard InChI is InChI=1S/C14H22N2O2/c1-3-10(2)12-9-13(17)16(14(18)15-12)11-7-5-4-6-8-11/h9-11H,3-8H2,1-2H3,(H,15,18). The van der Waals surface area contributed by atoms with E-state index in [1.807, 2.05) is 6.92 Å². The maximum atomic E-state index is 12.1. The smallest absolute Gasteiger partial charge is 0.311 e. The van der Waals surface area contributed by atoms with E-state index in [1.54, 1.807) is 6.07 Å². The molecule has 1 unspecified atom stereocenters. The Hall–Kier alpha value is -1.32. The van der Waals surface area contributed by atoms with Gasteiger partial charge in [-0.15, -0.1) is 0 Å². The number of nitrogens with one attached hydrogen (secondary N) is 1. The second-order valence-corrected chi connectivity index (χ2v) is 5.34. The molecule has 4 nitrogen and oxygen atoms in total. The highest BCUT2D eigenvalue weighted by Crippen LogP contribution is 2.25. The minimum absolute atomic E-state index is 0.0981. The number of aromatic nitrogens is 2. The van der Waals surface area contributed by atoms with Crippen LogP contribution in [-0.4, -0.2) is 9.55 Å². The molecule has 1 aliphatic rings. The topological polar surface area (TPSA) is 54.9 Å². The van der Waals surface area contributed by atoms with Gasteiger partial charge in [-0.2, -0.15) is 0 Å². The van der Waals surface area contributed by atoms with Crippen LogP contribution in [0.5, 0.6) is 0 Å². The molecule has 1 aromatic rings.